The van der Waals surface area contributed by atoms with Gasteiger partial charge in [-0.15, -0.1) is 11.8 Å². The van der Waals surface area contributed by atoms with E-state index in [2.05, 4.69) is 36.5 Å². The number of nitrogens with one attached hydrogen (secondary N) is 1. The Balaban J connectivity index is 1.61. The first kappa shape index (κ1) is 14.0. The van der Waals surface area contributed by atoms with Crippen LogP contribution in [0.4, 0.5) is 0 Å². The molecular formula is C16H25NS. The van der Waals surface area contributed by atoms with Gasteiger partial charge in [-0.3, -0.25) is 0 Å². The summed E-state index contributed by atoms with van der Waals surface area (Å²) in [6.07, 6.45) is 8.28. The highest BCUT2D eigenvalue weighted by atomic mass is 32.2. The highest BCUT2D eigenvalue weighted by Crippen LogP contribution is 2.37. The third kappa shape index (κ3) is 4.03. The predicted octanol–water partition coefficient (Wildman–Crippen LogP) is 4.78. The van der Waals surface area contributed by atoms with Crippen molar-refractivity contribution in [1.82, 2.24) is 5.32 Å². The number of rotatable bonds is 8. The minimum Gasteiger partial charge on any atom is -0.309 e. The smallest absolute Gasteiger partial charge is 0.0426 e. The fourth-order valence-corrected chi connectivity index (χ4v) is 3.71. The Morgan fingerprint density at radius 2 is 1.89 bits per heavy atom. The first-order valence-corrected chi connectivity index (χ1v) is 8.35. The van der Waals surface area contributed by atoms with Crippen LogP contribution in [0.1, 0.15) is 57.1 Å². The lowest BCUT2D eigenvalue weighted by Crippen LogP contribution is -2.22. The molecule has 100 valence electrons. The molecule has 1 atom stereocenters. The van der Waals surface area contributed by atoms with Crippen LogP contribution in [0.3, 0.4) is 0 Å². The minimum absolute atomic E-state index is 0.585. The topological polar surface area (TPSA) is 12.0 Å². The number of unbranched alkanes of at least 4 members (excludes halogenated alkanes) is 5. The highest BCUT2D eigenvalue weighted by molar-refractivity contribution is 7.99. The van der Waals surface area contributed by atoms with Crippen LogP contribution in [-0.2, 0) is 0 Å². The lowest BCUT2D eigenvalue weighted by atomic mass is 10.1. The molecule has 1 unspecified atom stereocenters. The van der Waals surface area contributed by atoms with E-state index in [0.29, 0.717) is 6.04 Å². The van der Waals surface area contributed by atoms with Crippen LogP contribution in [0.25, 0.3) is 0 Å². The molecule has 0 saturated carbocycles. The van der Waals surface area contributed by atoms with Crippen molar-refractivity contribution in [3.63, 3.8) is 0 Å². The van der Waals surface area contributed by atoms with Crippen molar-refractivity contribution in [2.45, 2.75) is 56.4 Å². The lowest BCUT2D eigenvalue weighted by Gasteiger charge is -2.12. The zero-order chi connectivity index (χ0) is 12.6. The van der Waals surface area contributed by atoms with Crippen molar-refractivity contribution in [2.75, 3.05) is 12.3 Å². The van der Waals surface area contributed by atoms with Gasteiger partial charge in [0.25, 0.3) is 0 Å². The second-order valence-corrected chi connectivity index (χ2v) is 6.19. The van der Waals surface area contributed by atoms with Crippen LogP contribution in [-0.4, -0.2) is 12.3 Å². The van der Waals surface area contributed by atoms with E-state index in [4.69, 9.17) is 0 Å². The molecule has 1 aliphatic heterocycles. The molecular weight excluding hydrogens is 238 g/mol. The summed E-state index contributed by atoms with van der Waals surface area (Å²) < 4.78 is 0. The molecule has 1 aromatic carbocycles. The first-order chi connectivity index (χ1) is 8.92. The van der Waals surface area contributed by atoms with E-state index in [1.165, 1.54) is 61.3 Å². The maximum absolute atomic E-state index is 3.71. The van der Waals surface area contributed by atoms with Crippen molar-refractivity contribution >= 4 is 11.8 Å². The van der Waals surface area contributed by atoms with E-state index in [9.17, 15) is 0 Å². The largest absolute Gasteiger partial charge is 0.309 e. The van der Waals surface area contributed by atoms with Gasteiger partial charge in [-0.25, -0.2) is 0 Å². The van der Waals surface area contributed by atoms with Crippen molar-refractivity contribution in [3.05, 3.63) is 29.8 Å². The van der Waals surface area contributed by atoms with Crippen LogP contribution < -0.4 is 5.32 Å². The molecule has 0 aliphatic carbocycles. The summed E-state index contributed by atoms with van der Waals surface area (Å²) in [4.78, 5) is 1.47. The van der Waals surface area contributed by atoms with Crippen LogP contribution in [0.15, 0.2) is 29.2 Å². The Kier molecular flexibility index (Phi) is 6.09. The monoisotopic (exact) mass is 263 g/mol. The molecule has 0 radical (unpaired) electrons. The van der Waals surface area contributed by atoms with E-state index in [0.717, 1.165) is 0 Å². The van der Waals surface area contributed by atoms with Gasteiger partial charge in [0.15, 0.2) is 0 Å². The Hall–Kier alpha value is -0.470. The maximum Gasteiger partial charge on any atom is 0.0426 e. The summed E-state index contributed by atoms with van der Waals surface area (Å²) in [6, 6.07) is 9.40. The number of thioether (sulfide) groups is 1. The van der Waals surface area contributed by atoms with Crippen molar-refractivity contribution in [2.24, 2.45) is 0 Å². The maximum atomic E-state index is 3.71. The van der Waals surface area contributed by atoms with Gasteiger partial charge in [0.1, 0.15) is 0 Å². The van der Waals surface area contributed by atoms with Crippen LogP contribution in [0.2, 0.25) is 0 Å². The summed E-state index contributed by atoms with van der Waals surface area (Å²) >= 11 is 1.99. The molecule has 1 nitrogen and oxygen atoms in total. The number of hydrogen-bond acceptors (Lipinski definition) is 2. The summed E-state index contributed by atoms with van der Waals surface area (Å²) in [6.45, 7) is 3.45. The molecule has 1 aliphatic rings. The molecule has 0 bridgehead atoms. The second-order valence-electron chi connectivity index (χ2n) is 5.12. The molecule has 18 heavy (non-hydrogen) atoms. The van der Waals surface area contributed by atoms with E-state index < -0.39 is 0 Å². The van der Waals surface area contributed by atoms with Gasteiger partial charge in [-0.05, 0) is 24.6 Å². The molecule has 2 heteroatoms. The van der Waals surface area contributed by atoms with E-state index in [-0.39, 0.29) is 0 Å². The standard InChI is InChI=1S/C16H25NS/c1-2-3-4-5-6-9-12-17-15-13-18-16-11-8-7-10-14(15)16/h7-8,10-11,15,17H,2-6,9,12-13H2,1H3. The number of fused-ring (bicyclic) bond motifs is 1. The molecule has 1 N–H and O–H groups in total. The predicted molar refractivity (Wildman–Crippen MR) is 81.3 cm³/mol. The Morgan fingerprint density at radius 3 is 2.78 bits per heavy atom. The fraction of sp³-hybridized carbons (Fsp3) is 0.625. The van der Waals surface area contributed by atoms with Gasteiger partial charge in [0, 0.05) is 16.7 Å². The third-order valence-corrected chi connectivity index (χ3v) is 4.80. The molecule has 0 spiro atoms. The third-order valence-electron chi connectivity index (χ3n) is 3.62. The average molecular weight is 263 g/mol. The second kappa shape index (κ2) is 7.85. The van der Waals surface area contributed by atoms with Crippen LogP contribution in [0.5, 0.6) is 0 Å². The zero-order valence-electron chi connectivity index (χ0n) is 11.5. The zero-order valence-corrected chi connectivity index (χ0v) is 12.3. The fourth-order valence-electron chi connectivity index (χ4n) is 2.51. The summed E-state index contributed by atoms with van der Waals surface area (Å²) in [5.41, 5.74) is 1.51. The average Bonchev–Trinajstić information content (AvgIpc) is 2.81. The van der Waals surface area contributed by atoms with E-state index >= 15 is 0 Å². The van der Waals surface area contributed by atoms with E-state index in [1.54, 1.807) is 0 Å². The molecule has 1 aromatic rings. The Morgan fingerprint density at radius 1 is 1.11 bits per heavy atom. The summed E-state index contributed by atoms with van der Waals surface area (Å²) in [5.74, 6) is 1.20. The molecule has 0 saturated heterocycles. The van der Waals surface area contributed by atoms with Crippen molar-refractivity contribution in [3.8, 4) is 0 Å². The number of benzene rings is 1. The normalized spacial score (nSPS) is 17.9. The summed E-state index contributed by atoms with van der Waals surface area (Å²) in [5, 5.41) is 3.71. The van der Waals surface area contributed by atoms with Gasteiger partial charge in [-0.1, -0.05) is 57.2 Å². The quantitative estimate of drug-likeness (QED) is 0.677. The van der Waals surface area contributed by atoms with Gasteiger partial charge < -0.3 is 5.32 Å². The molecule has 0 fully saturated rings. The Bertz CT molecular complexity index is 351. The molecule has 0 amide bonds. The molecule has 1 heterocycles. The van der Waals surface area contributed by atoms with Crippen molar-refractivity contribution < 1.29 is 0 Å². The van der Waals surface area contributed by atoms with Gasteiger partial charge in [0.05, 0.1) is 0 Å². The van der Waals surface area contributed by atoms with Crippen LogP contribution >= 0.6 is 11.8 Å². The molecule has 0 aromatic heterocycles. The SMILES string of the molecule is CCCCCCCCNC1CSc2ccccc21. The first-order valence-electron chi connectivity index (χ1n) is 7.37. The Labute approximate surface area is 116 Å². The minimum atomic E-state index is 0.585. The van der Waals surface area contributed by atoms with Crippen LogP contribution in [0, 0.1) is 0 Å². The molecule has 2 rings (SSSR count). The van der Waals surface area contributed by atoms with Gasteiger partial charge in [-0.2, -0.15) is 0 Å². The van der Waals surface area contributed by atoms with Crippen molar-refractivity contribution in [1.29, 1.82) is 0 Å². The van der Waals surface area contributed by atoms with Gasteiger partial charge in [0.2, 0.25) is 0 Å². The van der Waals surface area contributed by atoms with Gasteiger partial charge >= 0.3 is 0 Å². The lowest BCUT2D eigenvalue weighted by molar-refractivity contribution is 0.532. The van der Waals surface area contributed by atoms with E-state index in [1.807, 2.05) is 11.8 Å². The highest BCUT2D eigenvalue weighted by Gasteiger charge is 2.21. The number of hydrogen-bond donors (Lipinski definition) is 1. The summed E-state index contributed by atoms with van der Waals surface area (Å²) in [7, 11) is 0.